The average molecular weight is 297 g/mol. The van der Waals surface area contributed by atoms with Crippen molar-refractivity contribution in [1.29, 1.82) is 0 Å². The number of primary amides is 1. The molecule has 2 aromatic rings. The maximum atomic E-state index is 12.9. The highest BCUT2D eigenvalue weighted by Gasteiger charge is 2.34. The molecular weight excluding hydrogens is 287 g/mol. The molecule has 21 heavy (non-hydrogen) atoms. The van der Waals surface area contributed by atoms with Crippen molar-refractivity contribution in [1.82, 2.24) is 9.97 Å². The quantitative estimate of drug-likeness (QED) is 0.939. The third-order valence-electron chi connectivity index (χ3n) is 2.65. The zero-order valence-electron chi connectivity index (χ0n) is 10.6. The van der Waals surface area contributed by atoms with E-state index in [0.29, 0.717) is 0 Å². The minimum atomic E-state index is -4.56. The third kappa shape index (κ3) is 3.10. The van der Waals surface area contributed by atoms with Crippen molar-refractivity contribution in [3.63, 3.8) is 0 Å². The van der Waals surface area contributed by atoms with Crippen LogP contribution in [-0.4, -0.2) is 15.9 Å². The minimum Gasteiger partial charge on any atom is -0.441 e. The zero-order chi connectivity index (χ0) is 15.6. The Labute approximate surface area is 117 Å². The third-order valence-corrected chi connectivity index (χ3v) is 2.65. The Hall–Kier alpha value is -2.64. The highest BCUT2D eigenvalue weighted by molar-refractivity contribution is 5.92. The molecule has 0 aliphatic rings. The molecule has 5 nitrogen and oxygen atoms in total. The summed E-state index contributed by atoms with van der Waals surface area (Å²) in [4.78, 5) is 18.7. The lowest BCUT2D eigenvalue weighted by Crippen LogP contribution is -2.15. The number of amides is 1. The Morgan fingerprint density at radius 1 is 1.48 bits per heavy atom. The van der Waals surface area contributed by atoms with E-state index in [0.717, 1.165) is 6.07 Å². The second kappa shape index (κ2) is 5.39. The number of aromatic nitrogens is 2. The second-order valence-electron chi connectivity index (χ2n) is 4.06. The van der Waals surface area contributed by atoms with Gasteiger partial charge in [-0.15, -0.1) is 0 Å². The SMILES string of the molecule is C=Cc1nc(C(N)=O)c(Cc2ncccc2C(F)(F)F)o1. The number of nitrogens with zero attached hydrogens (tertiary/aromatic N) is 2. The van der Waals surface area contributed by atoms with Gasteiger partial charge in [-0.1, -0.05) is 6.58 Å². The monoisotopic (exact) mass is 297 g/mol. The van der Waals surface area contributed by atoms with E-state index < -0.39 is 17.6 Å². The number of hydrogen-bond acceptors (Lipinski definition) is 4. The van der Waals surface area contributed by atoms with Crippen molar-refractivity contribution >= 4 is 12.0 Å². The zero-order valence-corrected chi connectivity index (χ0v) is 10.6. The Balaban J connectivity index is 2.46. The van der Waals surface area contributed by atoms with Gasteiger partial charge < -0.3 is 10.2 Å². The Morgan fingerprint density at radius 3 is 2.76 bits per heavy atom. The molecule has 0 unspecified atom stereocenters. The van der Waals surface area contributed by atoms with Crippen molar-refractivity contribution in [2.24, 2.45) is 5.73 Å². The molecule has 8 heteroatoms. The van der Waals surface area contributed by atoms with Crippen molar-refractivity contribution in [3.8, 4) is 0 Å². The van der Waals surface area contributed by atoms with E-state index in [-0.39, 0.29) is 29.5 Å². The predicted molar refractivity (Wildman–Crippen MR) is 67.2 cm³/mol. The van der Waals surface area contributed by atoms with Crippen LogP contribution < -0.4 is 5.73 Å². The first-order valence-electron chi connectivity index (χ1n) is 5.76. The lowest BCUT2D eigenvalue weighted by atomic mass is 10.1. The summed E-state index contributed by atoms with van der Waals surface area (Å²) in [6.07, 6.45) is -2.47. The topological polar surface area (TPSA) is 82.0 Å². The molecule has 0 spiro atoms. The largest absolute Gasteiger partial charge is 0.441 e. The standard InChI is InChI=1S/C13H10F3N3O2/c1-2-10-19-11(12(17)20)9(21-10)6-8-7(13(14,15)16)4-3-5-18-8/h2-5H,1,6H2,(H2,17,20). The molecule has 2 heterocycles. The van der Waals surface area contributed by atoms with Gasteiger partial charge in [0.1, 0.15) is 5.76 Å². The number of carbonyl (C=O) groups excluding carboxylic acids is 1. The molecule has 110 valence electrons. The Bertz CT molecular complexity index is 692. The summed E-state index contributed by atoms with van der Waals surface area (Å²) in [6, 6.07) is 2.08. The molecule has 2 N–H and O–H groups in total. The van der Waals surface area contributed by atoms with Gasteiger partial charge in [0.15, 0.2) is 5.69 Å². The molecule has 2 aromatic heterocycles. The maximum Gasteiger partial charge on any atom is 0.418 e. The predicted octanol–water partition coefficient (Wildman–Crippen LogP) is 2.42. The number of rotatable bonds is 4. The number of alkyl halides is 3. The van der Waals surface area contributed by atoms with Gasteiger partial charge in [0, 0.05) is 6.20 Å². The van der Waals surface area contributed by atoms with Gasteiger partial charge in [-0.05, 0) is 18.2 Å². The molecule has 0 saturated carbocycles. The van der Waals surface area contributed by atoms with Crippen LogP contribution in [0, 0.1) is 0 Å². The summed E-state index contributed by atoms with van der Waals surface area (Å²) < 4.78 is 43.8. The van der Waals surface area contributed by atoms with Gasteiger partial charge in [-0.3, -0.25) is 9.78 Å². The van der Waals surface area contributed by atoms with Crippen LogP contribution in [-0.2, 0) is 12.6 Å². The highest BCUT2D eigenvalue weighted by atomic mass is 19.4. The van der Waals surface area contributed by atoms with Crippen LogP contribution in [0.5, 0.6) is 0 Å². The highest BCUT2D eigenvalue weighted by Crippen LogP contribution is 2.32. The summed E-state index contributed by atoms with van der Waals surface area (Å²) in [6.45, 7) is 3.40. The van der Waals surface area contributed by atoms with Crippen LogP contribution in [0.2, 0.25) is 0 Å². The fraction of sp³-hybridized carbons (Fsp3) is 0.154. The van der Waals surface area contributed by atoms with E-state index in [9.17, 15) is 18.0 Å². The van der Waals surface area contributed by atoms with E-state index >= 15 is 0 Å². The summed E-state index contributed by atoms with van der Waals surface area (Å²) in [5.74, 6) is -0.976. The molecule has 0 fully saturated rings. The number of halogens is 3. The Kier molecular flexibility index (Phi) is 3.79. The first kappa shape index (κ1) is 14.8. The Morgan fingerprint density at radius 2 is 2.19 bits per heavy atom. The first-order valence-corrected chi connectivity index (χ1v) is 5.76. The van der Waals surface area contributed by atoms with E-state index in [1.54, 1.807) is 0 Å². The van der Waals surface area contributed by atoms with Crippen LogP contribution in [0.1, 0.15) is 33.4 Å². The van der Waals surface area contributed by atoms with Gasteiger partial charge in [0.25, 0.3) is 5.91 Å². The van der Waals surface area contributed by atoms with Crippen LogP contribution in [0.25, 0.3) is 6.08 Å². The minimum absolute atomic E-state index is 0.00305. The molecule has 0 aliphatic heterocycles. The molecule has 0 bridgehead atoms. The molecule has 0 atom stereocenters. The van der Waals surface area contributed by atoms with Gasteiger partial charge in [0.05, 0.1) is 17.7 Å². The van der Waals surface area contributed by atoms with Crippen molar-refractivity contribution in [3.05, 3.63) is 53.5 Å². The number of oxazole rings is 1. The van der Waals surface area contributed by atoms with Crippen molar-refractivity contribution < 1.29 is 22.4 Å². The lowest BCUT2D eigenvalue weighted by Gasteiger charge is -2.10. The lowest BCUT2D eigenvalue weighted by molar-refractivity contribution is -0.138. The number of pyridine rings is 1. The van der Waals surface area contributed by atoms with Crippen LogP contribution in [0.15, 0.2) is 29.3 Å². The fourth-order valence-corrected chi connectivity index (χ4v) is 1.76. The van der Waals surface area contributed by atoms with Crippen LogP contribution in [0.3, 0.4) is 0 Å². The molecule has 0 saturated heterocycles. The summed E-state index contributed by atoms with van der Waals surface area (Å²) in [5, 5.41) is 0. The molecule has 0 aliphatic carbocycles. The molecule has 0 radical (unpaired) electrons. The molecule has 1 amide bonds. The average Bonchev–Trinajstić information content (AvgIpc) is 2.81. The van der Waals surface area contributed by atoms with Crippen molar-refractivity contribution in [2.45, 2.75) is 12.6 Å². The van der Waals surface area contributed by atoms with E-state index in [1.807, 2.05) is 0 Å². The van der Waals surface area contributed by atoms with Gasteiger partial charge in [-0.25, -0.2) is 4.98 Å². The van der Waals surface area contributed by atoms with Gasteiger partial charge in [0.2, 0.25) is 5.89 Å². The van der Waals surface area contributed by atoms with E-state index in [2.05, 4.69) is 16.5 Å². The van der Waals surface area contributed by atoms with Crippen LogP contribution >= 0.6 is 0 Å². The summed E-state index contributed by atoms with van der Waals surface area (Å²) in [7, 11) is 0. The number of hydrogen-bond donors (Lipinski definition) is 1. The summed E-state index contributed by atoms with van der Waals surface area (Å²) >= 11 is 0. The molecule has 2 rings (SSSR count). The van der Waals surface area contributed by atoms with Gasteiger partial charge in [-0.2, -0.15) is 13.2 Å². The summed E-state index contributed by atoms with van der Waals surface area (Å²) in [5.41, 5.74) is 3.70. The maximum absolute atomic E-state index is 12.9. The molecular formula is C13H10F3N3O2. The normalized spacial score (nSPS) is 11.4. The first-order chi connectivity index (χ1) is 9.82. The second-order valence-corrected chi connectivity index (χ2v) is 4.06. The van der Waals surface area contributed by atoms with E-state index in [1.165, 1.54) is 18.3 Å². The smallest absolute Gasteiger partial charge is 0.418 e. The van der Waals surface area contributed by atoms with E-state index in [4.69, 9.17) is 10.2 Å². The number of nitrogens with two attached hydrogens (primary N) is 1. The van der Waals surface area contributed by atoms with Crippen LogP contribution in [0.4, 0.5) is 13.2 Å². The number of carbonyl (C=O) groups is 1. The molecule has 0 aromatic carbocycles. The van der Waals surface area contributed by atoms with Gasteiger partial charge >= 0.3 is 6.18 Å². The van der Waals surface area contributed by atoms with Crippen molar-refractivity contribution in [2.75, 3.05) is 0 Å². The fourth-order valence-electron chi connectivity index (χ4n) is 1.76.